The molecular formula is C7H12O2. The van der Waals surface area contributed by atoms with E-state index in [4.69, 9.17) is 9.84 Å². The van der Waals surface area contributed by atoms with Gasteiger partial charge in [0, 0.05) is 6.42 Å². The fourth-order valence-corrected chi connectivity index (χ4v) is 1.63. The van der Waals surface area contributed by atoms with Crippen LogP contribution in [0.3, 0.4) is 0 Å². The molecule has 0 amide bonds. The molecule has 0 unspecified atom stereocenters. The highest BCUT2D eigenvalue weighted by Crippen LogP contribution is 2.47. The molecule has 9 heavy (non-hydrogen) atoms. The Balaban J connectivity index is 2.01. The Morgan fingerprint density at radius 1 is 1.67 bits per heavy atom. The van der Waals surface area contributed by atoms with Gasteiger partial charge in [-0.1, -0.05) is 0 Å². The summed E-state index contributed by atoms with van der Waals surface area (Å²) in [6, 6.07) is 0. The van der Waals surface area contributed by atoms with Gasteiger partial charge >= 0.3 is 0 Å². The molecule has 52 valence electrons. The molecule has 2 heteroatoms. The van der Waals surface area contributed by atoms with Crippen LogP contribution in [-0.2, 0) is 4.74 Å². The van der Waals surface area contributed by atoms with E-state index >= 15 is 0 Å². The van der Waals surface area contributed by atoms with E-state index in [2.05, 4.69) is 6.92 Å². The summed E-state index contributed by atoms with van der Waals surface area (Å²) in [6.07, 6.45) is 3.11. The number of rotatable bonds is 0. The molecule has 1 heterocycles. The molecular weight excluding hydrogens is 116 g/mol. The molecule has 2 nitrogen and oxygen atoms in total. The normalized spacial score (nSPS) is 56.7. The second-order valence-corrected chi connectivity index (χ2v) is 3.35. The Kier molecular flexibility index (Phi) is 0.945. The van der Waals surface area contributed by atoms with Gasteiger partial charge in [-0.3, -0.25) is 0 Å². The van der Waals surface area contributed by atoms with Crippen LogP contribution < -0.4 is 0 Å². The van der Waals surface area contributed by atoms with Crippen molar-refractivity contribution < 1.29 is 9.84 Å². The lowest BCUT2D eigenvalue weighted by atomic mass is 9.89. The van der Waals surface area contributed by atoms with Gasteiger partial charge in [-0.2, -0.15) is 0 Å². The monoisotopic (exact) mass is 128 g/mol. The summed E-state index contributed by atoms with van der Waals surface area (Å²) in [4.78, 5) is 0. The minimum absolute atomic E-state index is 0.0921. The minimum Gasteiger partial charge on any atom is -0.393 e. The Morgan fingerprint density at radius 2 is 2.44 bits per heavy atom. The molecule has 0 aromatic rings. The summed E-state index contributed by atoms with van der Waals surface area (Å²) in [5.74, 6) is 0. The standard InChI is InChI=1S/C7H12O2/c1-7-3-2-5(8)4-6(7)9-7/h5-6,8H,2-4H2,1H3/t5-,6+,7-/m0/s1. The van der Waals surface area contributed by atoms with E-state index in [1.54, 1.807) is 0 Å². The van der Waals surface area contributed by atoms with Crippen LogP contribution in [0.5, 0.6) is 0 Å². The van der Waals surface area contributed by atoms with Gasteiger partial charge in [0.1, 0.15) is 0 Å². The van der Waals surface area contributed by atoms with E-state index < -0.39 is 0 Å². The van der Waals surface area contributed by atoms with Gasteiger partial charge in [-0.15, -0.1) is 0 Å². The van der Waals surface area contributed by atoms with E-state index in [1.165, 1.54) is 0 Å². The molecule has 2 fully saturated rings. The lowest BCUT2D eigenvalue weighted by Gasteiger charge is -2.16. The summed E-state index contributed by atoms with van der Waals surface area (Å²) in [6.45, 7) is 2.13. The van der Waals surface area contributed by atoms with Crippen molar-refractivity contribution in [1.29, 1.82) is 0 Å². The number of hydrogen-bond donors (Lipinski definition) is 1. The van der Waals surface area contributed by atoms with E-state index in [9.17, 15) is 0 Å². The van der Waals surface area contributed by atoms with Crippen molar-refractivity contribution in [3.8, 4) is 0 Å². The van der Waals surface area contributed by atoms with Gasteiger partial charge in [-0.05, 0) is 19.8 Å². The lowest BCUT2D eigenvalue weighted by Crippen LogP contribution is -2.24. The van der Waals surface area contributed by atoms with Crippen LogP contribution in [-0.4, -0.2) is 22.9 Å². The summed E-state index contributed by atoms with van der Waals surface area (Å²) in [5.41, 5.74) is 0.166. The third-order valence-corrected chi connectivity index (χ3v) is 2.50. The molecule has 1 aliphatic heterocycles. The van der Waals surface area contributed by atoms with E-state index in [0.29, 0.717) is 6.10 Å². The van der Waals surface area contributed by atoms with E-state index in [-0.39, 0.29) is 11.7 Å². The molecule has 0 spiro atoms. The van der Waals surface area contributed by atoms with Gasteiger partial charge in [0.25, 0.3) is 0 Å². The molecule has 1 aliphatic carbocycles. The largest absolute Gasteiger partial charge is 0.393 e. The maximum Gasteiger partial charge on any atom is 0.0922 e. The fraction of sp³-hybridized carbons (Fsp3) is 1.00. The van der Waals surface area contributed by atoms with Crippen molar-refractivity contribution in [3.05, 3.63) is 0 Å². The van der Waals surface area contributed by atoms with Crippen molar-refractivity contribution in [2.24, 2.45) is 0 Å². The second-order valence-electron chi connectivity index (χ2n) is 3.35. The first kappa shape index (κ1) is 5.69. The third kappa shape index (κ3) is 0.775. The molecule has 3 atom stereocenters. The summed E-state index contributed by atoms with van der Waals surface area (Å²) in [7, 11) is 0. The highest BCUT2D eigenvalue weighted by atomic mass is 16.6. The van der Waals surface area contributed by atoms with Crippen LogP contribution in [0, 0.1) is 0 Å². The van der Waals surface area contributed by atoms with Gasteiger partial charge in [0.2, 0.25) is 0 Å². The second kappa shape index (κ2) is 1.50. The van der Waals surface area contributed by atoms with Crippen LogP contribution in [0.15, 0.2) is 0 Å². The zero-order chi connectivity index (χ0) is 6.48. The average molecular weight is 128 g/mol. The van der Waals surface area contributed by atoms with Gasteiger partial charge in [0.05, 0.1) is 17.8 Å². The maximum absolute atomic E-state index is 9.14. The molecule has 0 bridgehead atoms. The molecule has 2 aliphatic rings. The van der Waals surface area contributed by atoms with E-state index in [0.717, 1.165) is 19.3 Å². The predicted octanol–water partition coefficient (Wildman–Crippen LogP) is 0.689. The average Bonchev–Trinajstić information content (AvgIpc) is 2.41. The zero-order valence-electron chi connectivity index (χ0n) is 5.63. The van der Waals surface area contributed by atoms with Crippen LogP contribution in [0.25, 0.3) is 0 Å². The van der Waals surface area contributed by atoms with Crippen molar-refractivity contribution in [3.63, 3.8) is 0 Å². The summed E-state index contributed by atoms with van der Waals surface area (Å²) in [5, 5.41) is 9.14. The maximum atomic E-state index is 9.14. The number of epoxide rings is 1. The summed E-state index contributed by atoms with van der Waals surface area (Å²) >= 11 is 0. The zero-order valence-corrected chi connectivity index (χ0v) is 5.63. The Hall–Kier alpha value is -0.0800. The van der Waals surface area contributed by atoms with Gasteiger partial charge in [0.15, 0.2) is 0 Å². The molecule has 2 rings (SSSR count). The van der Waals surface area contributed by atoms with Crippen molar-refractivity contribution in [1.82, 2.24) is 0 Å². The number of aliphatic hydroxyl groups is 1. The Morgan fingerprint density at radius 3 is 3.00 bits per heavy atom. The molecule has 0 aromatic carbocycles. The van der Waals surface area contributed by atoms with Crippen LogP contribution in [0.4, 0.5) is 0 Å². The molecule has 1 saturated carbocycles. The first-order chi connectivity index (χ1) is 4.21. The lowest BCUT2D eigenvalue weighted by molar-refractivity contribution is 0.132. The minimum atomic E-state index is -0.0921. The van der Waals surface area contributed by atoms with E-state index in [1.807, 2.05) is 0 Å². The summed E-state index contributed by atoms with van der Waals surface area (Å²) < 4.78 is 5.38. The first-order valence-corrected chi connectivity index (χ1v) is 3.56. The molecule has 1 N–H and O–H groups in total. The quantitative estimate of drug-likeness (QED) is 0.487. The highest BCUT2D eigenvalue weighted by molar-refractivity contribution is 5.03. The molecule has 0 radical (unpaired) electrons. The van der Waals surface area contributed by atoms with Crippen LogP contribution >= 0.6 is 0 Å². The third-order valence-electron chi connectivity index (χ3n) is 2.50. The number of ether oxygens (including phenoxy) is 1. The smallest absolute Gasteiger partial charge is 0.0922 e. The Labute approximate surface area is 54.8 Å². The van der Waals surface area contributed by atoms with Gasteiger partial charge in [-0.25, -0.2) is 0 Å². The Bertz CT molecular complexity index is 135. The highest BCUT2D eigenvalue weighted by Gasteiger charge is 2.54. The van der Waals surface area contributed by atoms with Gasteiger partial charge < -0.3 is 9.84 Å². The van der Waals surface area contributed by atoms with Crippen LogP contribution in [0.2, 0.25) is 0 Å². The molecule has 1 saturated heterocycles. The number of hydrogen-bond acceptors (Lipinski definition) is 2. The first-order valence-electron chi connectivity index (χ1n) is 3.56. The number of aliphatic hydroxyl groups excluding tert-OH is 1. The molecule has 0 aromatic heterocycles. The van der Waals surface area contributed by atoms with Crippen molar-refractivity contribution in [2.45, 2.75) is 44.0 Å². The SMILES string of the molecule is C[C@]12CC[C@H](O)C[C@H]1O2. The van der Waals surface area contributed by atoms with Crippen LogP contribution in [0.1, 0.15) is 26.2 Å². The topological polar surface area (TPSA) is 32.8 Å². The van der Waals surface area contributed by atoms with Crippen molar-refractivity contribution >= 4 is 0 Å². The predicted molar refractivity (Wildman–Crippen MR) is 33.1 cm³/mol. The van der Waals surface area contributed by atoms with Crippen molar-refractivity contribution in [2.75, 3.05) is 0 Å². The number of fused-ring (bicyclic) bond motifs is 1. The fourth-order valence-electron chi connectivity index (χ4n) is 1.63.